The largest absolute Gasteiger partial charge is 0.462 e. The first-order valence-corrected chi connectivity index (χ1v) is 6.77. The molecular formula is C15H20ClN3O2. The Hall–Kier alpha value is -1.85. The number of benzene rings is 1. The summed E-state index contributed by atoms with van der Waals surface area (Å²) < 4.78 is 5.68. The lowest BCUT2D eigenvalue weighted by molar-refractivity contribution is -0.139. The van der Waals surface area contributed by atoms with Crippen LogP contribution < -0.4 is 10.6 Å². The van der Waals surface area contributed by atoms with Crippen LogP contribution in [0.5, 0.6) is 5.75 Å². The van der Waals surface area contributed by atoms with Crippen LogP contribution in [-0.4, -0.2) is 23.4 Å². The van der Waals surface area contributed by atoms with Crippen LogP contribution in [0.15, 0.2) is 42.0 Å². The quantitative estimate of drug-likeness (QED) is 0.288. The molecule has 0 fully saturated rings. The predicted molar refractivity (Wildman–Crippen MR) is 85.0 cm³/mol. The zero-order valence-corrected chi connectivity index (χ0v) is 13.2. The Kier molecular flexibility index (Phi) is 5.93. The molecule has 0 bridgehead atoms. The maximum absolute atomic E-state index is 12.5. The molecule has 1 aromatic carbocycles. The Morgan fingerprint density at radius 1 is 1.43 bits per heavy atom. The maximum atomic E-state index is 12.5. The van der Waals surface area contributed by atoms with Crippen LogP contribution in [0, 0.1) is 5.41 Å². The molecule has 114 valence electrons. The molecule has 1 atom stereocenters. The summed E-state index contributed by atoms with van der Waals surface area (Å²) in [7, 11) is 0. The van der Waals surface area contributed by atoms with Gasteiger partial charge in [-0.3, -0.25) is 9.80 Å². The summed E-state index contributed by atoms with van der Waals surface area (Å²) in [5.41, 5.74) is -0.614. The van der Waals surface area contributed by atoms with Crippen molar-refractivity contribution in [1.82, 2.24) is 5.01 Å². The first-order valence-electron chi connectivity index (χ1n) is 6.39. The van der Waals surface area contributed by atoms with Crippen molar-refractivity contribution in [2.24, 2.45) is 16.3 Å². The van der Waals surface area contributed by atoms with Gasteiger partial charge in [0.05, 0.1) is 0 Å². The molecule has 0 aromatic heterocycles. The van der Waals surface area contributed by atoms with E-state index in [9.17, 15) is 4.79 Å². The summed E-state index contributed by atoms with van der Waals surface area (Å²) in [4.78, 5) is 16.3. The van der Waals surface area contributed by atoms with Crippen molar-refractivity contribution >= 4 is 23.7 Å². The number of ketones is 1. The van der Waals surface area contributed by atoms with Gasteiger partial charge in [-0.25, -0.2) is 10.8 Å². The van der Waals surface area contributed by atoms with E-state index < -0.39 is 11.6 Å². The average Bonchev–Trinajstić information content (AvgIpc) is 2.42. The second-order valence-corrected chi connectivity index (χ2v) is 5.87. The Bertz CT molecular complexity index is 521. The molecule has 0 saturated heterocycles. The molecule has 0 aliphatic carbocycles. The van der Waals surface area contributed by atoms with Gasteiger partial charge in [-0.15, -0.1) is 0 Å². The molecular weight excluding hydrogens is 290 g/mol. The maximum Gasteiger partial charge on any atom is 0.246 e. The van der Waals surface area contributed by atoms with Crippen LogP contribution in [0.4, 0.5) is 0 Å². The van der Waals surface area contributed by atoms with Crippen molar-refractivity contribution in [1.29, 1.82) is 0 Å². The Labute approximate surface area is 130 Å². The molecule has 21 heavy (non-hydrogen) atoms. The number of halogens is 1. The molecule has 5 nitrogen and oxygen atoms in total. The zero-order valence-electron chi connectivity index (χ0n) is 12.4. The van der Waals surface area contributed by atoms with Crippen LogP contribution in [0.1, 0.15) is 20.8 Å². The Morgan fingerprint density at radius 3 is 2.48 bits per heavy atom. The average molecular weight is 310 g/mol. The second kappa shape index (κ2) is 7.24. The van der Waals surface area contributed by atoms with E-state index in [2.05, 4.69) is 11.6 Å². The van der Waals surface area contributed by atoms with Crippen LogP contribution in [0.25, 0.3) is 0 Å². The molecule has 0 heterocycles. The van der Waals surface area contributed by atoms with Crippen molar-refractivity contribution in [3.05, 3.63) is 42.1 Å². The third-order valence-electron chi connectivity index (χ3n) is 2.60. The molecule has 2 N–H and O–H groups in total. The highest BCUT2D eigenvalue weighted by molar-refractivity contribution is 6.30. The Balaban J connectivity index is 3.01. The van der Waals surface area contributed by atoms with E-state index in [4.69, 9.17) is 22.2 Å². The zero-order chi connectivity index (χ0) is 16.0. The highest BCUT2D eigenvalue weighted by Crippen LogP contribution is 2.22. The van der Waals surface area contributed by atoms with Crippen LogP contribution in [-0.2, 0) is 4.79 Å². The molecule has 0 radical (unpaired) electrons. The number of aliphatic imine (C=N–C) groups is 1. The monoisotopic (exact) mass is 309 g/mol. The standard InChI is InChI=1S/C15H20ClN3O2/c1-5-18-10-19(17)14(13(20)15(2,3)4)21-12-8-6-11(16)7-9-12/h5-10,14H,1,17H2,2-4H3. The fraction of sp³-hybridized carbons (Fsp3) is 0.333. The normalized spacial score (nSPS) is 13.0. The minimum atomic E-state index is -0.991. The fourth-order valence-corrected chi connectivity index (χ4v) is 1.57. The molecule has 0 amide bonds. The second-order valence-electron chi connectivity index (χ2n) is 5.43. The topological polar surface area (TPSA) is 67.9 Å². The number of hydrogen-bond acceptors (Lipinski definition) is 4. The van der Waals surface area contributed by atoms with Gasteiger partial charge in [-0.05, 0) is 24.3 Å². The number of nitrogens with zero attached hydrogens (tertiary/aromatic N) is 2. The van der Waals surface area contributed by atoms with Crippen LogP contribution in [0.3, 0.4) is 0 Å². The molecule has 1 unspecified atom stereocenters. The SMILES string of the molecule is C=CN=CN(N)C(Oc1ccc(Cl)cc1)C(=O)C(C)(C)C. The summed E-state index contributed by atoms with van der Waals surface area (Å²) in [6, 6.07) is 6.69. The van der Waals surface area contributed by atoms with Gasteiger partial charge < -0.3 is 4.74 Å². The smallest absolute Gasteiger partial charge is 0.246 e. The molecule has 0 aliphatic heterocycles. The number of nitrogens with two attached hydrogens (primary N) is 1. The number of hydrogen-bond donors (Lipinski definition) is 1. The lowest BCUT2D eigenvalue weighted by Gasteiger charge is -2.30. The molecule has 6 heteroatoms. The first kappa shape index (κ1) is 17.2. The van der Waals surface area contributed by atoms with E-state index in [1.807, 2.05) is 0 Å². The molecule has 1 aromatic rings. The van der Waals surface area contributed by atoms with Gasteiger partial charge in [0.1, 0.15) is 12.1 Å². The first-order chi connectivity index (χ1) is 9.75. The third kappa shape index (κ3) is 5.21. The van der Waals surface area contributed by atoms with Gasteiger partial charge in [0.2, 0.25) is 12.0 Å². The number of rotatable bonds is 6. The molecule has 0 spiro atoms. The van der Waals surface area contributed by atoms with E-state index >= 15 is 0 Å². The molecule has 0 saturated carbocycles. The van der Waals surface area contributed by atoms with Crippen molar-refractivity contribution in [3.63, 3.8) is 0 Å². The fourth-order valence-electron chi connectivity index (χ4n) is 1.45. The van der Waals surface area contributed by atoms with Gasteiger partial charge in [0.15, 0.2) is 0 Å². The van der Waals surface area contributed by atoms with Crippen LogP contribution >= 0.6 is 11.6 Å². The van der Waals surface area contributed by atoms with Gasteiger partial charge in [-0.1, -0.05) is 39.0 Å². The number of carbonyl (C=O) groups is 1. The van der Waals surface area contributed by atoms with Crippen LogP contribution in [0.2, 0.25) is 5.02 Å². The lowest BCUT2D eigenvalue weighted by Crippen LogP contribution is -2.52. The van der Waals surface area contributed by atoms with E-state index in [0.717, 1.165) is 5.01 Å². The van der Waals surface area contributed by atoms with Crippen molar-refractivity contribution in [2.75, 3.05) is 0 Å². The lowest BCUT2D eigenvalue weighted by atomic mass is 9.89. The van der Waals surface area contributed by atoms with E-state index in [1.165, 1.54) is 12.5 Å². The summed E-state index contributed by atoms with van der Waals surface area (Å²) >= 11 is 5.82. The summed E-state index contributed by atoms with van der Waals surface area (Å²) in [6.07, 6.45) is 1.62. The highest BCUT2D eigenvalue weighted by atomic mass is 35.5. The van der Waals surface area contributed by atoms with E-state index in [-0.39, 0.29) is 5.78 Å². The number of ether oxygens (including phenoxy) is 1. The Morgan fingerprint density at radius 2 is 2.00 bits per heavy atom. The van der Waals surface area contributed by atoms with Gasteiger partial charge >= 0.3 is 0 Å². The minimum absolute atomic E-state index is 0.171. The molecule has 0 aliphatic rings. The predicted octanol–water partition coefficient (Wildman–Crippen LogP) is 3.01. The van der Waals surface area contributed by atoms with Gasteiger partial charge in [-0.2, -0.15) is 0 Å². The van der Waals surface area contributed by atoms with Crippen molar-refractivity contribution < 1.29 is 9.53 Å². The minimum Gasteiger partial charge on any atom is -0.462 e. The van der Waals surface area contributed by atoms with Gasteiger partial charge in [0.25, 0.3) is 0 Å². The summed E-state index contributed by atoms with van der Waals surface area (Å²) in [5.74, 6) is 6.16. The van der Waals surface area contributed by atoms with Crippen molar-refractivity contribution in [3.8, 4) is 5.75 Å². The number of Topliss-reactive ketones (excluding diaryl/α,β-unsaturated/α-hetero) is 1. The van der Waals surface area contributed by atoms with Crippen molar-refractivity contribution in [2.45, 2.75) is 27.0 Å². The summed E-state index contributed by atoms with van der Waals surface area (Å²) in [5, 5.41) is 1.70. The van der Waals surface area contributed by atoms with Gasteiger partial charge in [0, 0.05) is 16.6 Å². The number of hydrazine groups is 1. The highest BCUT2D eigenvalue weighted by Gasteiger charge is 2.34. The van der Waals surface area contributed by atoms with E-state index in [1.54, 1.807) is 45.0 Å². The third-order valence-corrected chi connectivity index (χ3v) is 2.85. The molecule has 1 rings (SSSR count). The summed E-state index contributed by atoms with van der Waals surface area (Å²) in [6.45, 7) is 8.85. The van der Waals surface area contributed by atoms with E-state index in [0.29, 0.717) is 10.8 Å². The number of carbonyl (C=O) groups excluding carboxylic acids is 1.